The maximum atomic E-state index is 5.73. The van der Waals surface area contributed by atoms with E-state index in [-0.39, 0.29) is 0 Å². The Hall–Kier alpha value is 0.292. The summed E-state index contributed by atoms with van der Waals surface area (Å²) in [5.74, 6) is 0. The zero-order chi connectivity index (χ0) is 14.7. The van der Waals surface area contributed by atoms with Crippen molar-refractivity contribution >= 4 is 15.1 Å². The zero-order valence-electron chi connectivity index (χ0n) is 13.4. The first-order valence-electron chi connectivity index (χ1n) is 6.71. The van der Waals surface area contributed by atoms with Gasteiger partial charge in [0.1, 0.15) is 0 Å². The second-order valence-corrected chi connectivity index (χ2v) is 6.89. The molecule has 7 heteroatoms. The summed E-state index contributed by atoms with van der Waals surface area (Å²) in [7, 11) is 12.2. The van der Waals surface area contributed by atoms with Crippen LogP contribution in [0.4, 0.5) is 0 Å². The highest BCUT2D eigenvalue weighted by molar-refractivity contribution is 6.36. The van der Waals surface area contributed by atoms with Crippen LogP contribution in [0.15, 0.2) is 0 Å². The Kier molecular flexibility index (Phi) is 12.3. The third kappa shape index (κ3) is 14.5. The minimum absolute atomic E-state index is 0.661. The molecule has 0 saturated carbocycles. The number of rotatable bonds is 12. The van der Waals surface area contributed by atoms with E-state index in [9.17, 15) is 0 Å². The fourth-order valence-electron chi connectivity index (χ4n) is 1.14. The van der Waals surface area contributed by atoms with E-state index in [0.29, 0.717) is 19.8 Å². The molecule has 0 aromatic rings. The number of hydrogen-bond donors (Lipinski definition) is 0. The van der Waals surface area contributed by atoms with Gasteiger partial charge in [-0.1, -0.05) is 0 Å². The molecule has 0 spiro atoms. The van der Waals surface area contributed by atoms with Crippen molar-refractivity contribution in [3.8, 4) is 0 Å². The van der Waals surface area contributed by atoms with Gasteiger partial charge in [0.15, 0.2) is 0 Å². The molecule has 0 aromatic heterocycles. The number of hydrogen-bond acceptors (Lipinski definition) is 6. The summed E-state index contributed by atoms with van der Waals surface area (Å²) in [6, 6.07) is 0. The second kappa shape index (κ2) is 12.1. The van der Waals surface area contributed by atoms with Crippen molar-refractivity contribution in [3.05, 3.63) is 0 Å². The lowest BCUT2D eigenvalue weighted by molar-refractivity contribution is 0.0782. The van der Waals surface area contributed by atoms with Gasteiger partial charge in [-0.15, -0.1) is 0 Å². The summed E-state index contributed by atoms with van der Waals surface area (Å²) in [6.45, 7) is 4.64. The second-order valence-electron chi connectivity index (χ2n) is 5.31. The highest BCUT2D eigenvalue weighted by Crippen LogP contribution is 1.95. The van der Waals surface area contributed by atoms with Crippen LogP contribution in [0.2, 0.25) is 0 Å². The Morgan fingerprint density at radius 1 is 0.579 bits per heavy atom. The Bertz CT molecular complexity index is 173. The smallest absolute Gasteiger partial charge is 0.453 e. The first kappa shape index (κ1) is 19.3. The normalized spacial score (nSPS) is 11.8. The molecule has 114 valence electrons. The summed E-state index contributed by atoms with van der Waals surface area (Å²) in [5.41, 5.74) is 0. The van der Waals surface area contributed by atoms with E-state index in [2.05, 4.69) is 14.7 Å². The molecule has 19 heavy (non-hydrogen) atoms. The Balaban J connectivity index is 3.85. The van der Waals surface area contributed by atoms with Crippen molar-refractivity contribution in [1.29, 1.82) is 0 Å². The molecule has 6 nitrogen and oxygen atoms in total. The molecular formula is C12H30AlN3O3. The fraction of sp³-hybridized carbons (Fsp3) is 1.00. The summed E-state index contributed by atoms with van der Waals surface area (Å²) in [6.07, 6.45) is 0. The average Bonchev–Trinajstić information content (AvgIpc) is 2.26. The van der Waals surface area contributed by atoms with Gasteiger partial charge in [-0.3, -0.25) is 0 Å². The predicted molar refractivity (Wildman–Crippen MR) is 79.3 cm³/mol. The Morgan fingerprint density at radius 2 is 0.842 bits per heavy atom. The van der Waals surface area contributed by atoms with Crippen LogP contribution in [-0.4, -0.2) is 112 Å². The molecule has 0 bridgehead atoms. The van der Waals surface area contributed by atoms with E-state index >= 15 is 0 Å². The zero-order valence-corrected chi connectivity index (χ0v) is 14.5. The van der Waals surface area contributed by atoms with Gasteiger partial charge in [0, 0.05) is 39.5 Å². The predicted octanol–water partition coefficient (Wildman–Crippen LogP) is -0.294. The van der Waals surface area contributed by atoms with Gasteiger partial charge in [-0.2, -0.15) is 0 Å². The summed E-state index contributed by atoms with van der Waals surface area (Å²) in [5, 5.41) is 0. The molecule has 0 amide bonds. The van der Waals surface area contributed by atoms with E-state index in [1.807, 2.05) is 42.3 Å². The van der Waals surface area contributed by atoms with Gasteiger partial charge >= 0.3 is 15.1 Å². The molecule has 0 aliphatic rings. The number of nitrogens with zero attached hydrogens (tertiary/aromatic N) is 3. The minimum atomic E-state index is -1.99. The molecule has 0 N–H and O–H groups in total. The quantitative estimate of drug-likeness (QED) is 0.460. The van der Waals surface area contributed by atoms with Gasteiger partial charge in [0.25, 0.3) is 0 Å². The molecule has 0 atom stereocenters. The van der Waals surface area contributed by atoms with Crippen LogP contribution >= 0.6 is 0 Å². The summed E-state index contributed by atoms with van der Waals surface area (Å²) < 4.78 is 17.2. The lowest BCUT2D eigenvalue weighted by Crippen LogP contribution is -2.35. The molecule has 0 heterocycles. The molecule has 0 radical (unpaired) electrons. The van der Waals surface area contributed by atoms with Gasteiger partial charge in [0.2, 0.25) is 0 Å². The highest BCUT2D eigenvalue weighted by Gasteiger charge is 2.30. The van der Waals surface area contributed by atoms with Crippen molar-refractivity contribution in [3.63, 3.8) is 0 Å². The SMILES string of the molecule is CN(C)CC[O][Al]([O]CCN(C)C)[O]CCN(C)C. The molecule has 0 aliphatic carbocycles. The lowest BCUT2D eigenvalue weighted by atomic mass is 10.6. The van der Waals surface area contributed by atoms with Gasteiger partial charge in [0.05, 0.1) is 0 Å². The number of likely N-dealkylation sites (N-methyl/N-ethyl adjacent to an activating group) is 3. The van der Waals surface area contributed by atoms with Gasteiger partial charge in [-0.25, -0.2) is 0 Å². The highest BCUT2D eigenvalue weighted by atomic mass is 27.3. The first-order valence-corrected chi connectivity index (χ1v) is 8.12. The average molecular weight is 291 g/mol. The minimum Gasteiger partial charge on any atom is -0.453 e. The first-order chi connectivity index (χ1) is 8.91. The van der Waals surface area contributed by atoms with Crippen LogP contribution in [0.5, 0.6) is 0 Å². The van der Waals surface area contributed by atoms with E-state index in [1.165, 1.54) is 0 Å². The van der Waals surface area contributed by atoms with E-state index < -0.39 is 15.1 Å². The third-order valence-corrected chi connectivity index (χ3v) is 3.90. The van der Waals surface area contributed by atoms with Crippen LogP contribution in [0.1, 0.15) is 0 Å². The molecule has 0 aromatic carbocycles. The molecular weight excluding hydrogens is 261 g/mol. The van der Waals surface area contributed by atoms with E-state index in [4.69, 9.17) is 11.4 Å². The third-order valence-electron chi connectivity index (χ3n) is 2.38. The Morgan fingerprint density at radius 3 is 1.05 bits per heavy atom. The molecule has 0 unspecified atom stereocenters. The summed E-state index contributed by atoms with van der Waals surface area (Å²) in [4.78, 5) is 6.27. The fourth-order valence-corrected chi connectivity index (χ4v) is 2.32. The van der Waals surface area contributed by atoms with Crippen molar-refractivity contribution in [2.75, 3.05) is 81.7 Å². The standard InChI is InChI=1S/3C4H10NO.Al/c3*1-5(2)3-4-6;/h3*3-4H2,1-2H3;/q3*-1;+3. The van der Waals surface area contributed by atoms with Crippen LogP contribution in [0, 0.1) is 0 Å². The topological polar surface area (TPSA) is 37.4 Å². The van der Waals surface area contributed by atoms with Crippen molar-refractivity contribution in [1.82, 2.24) is 14.7 Å². The Labute approximate surface area is 123 Å². The maximum absolute atomic E-state index is 5.73. The van der Waals surface area contributed by atoms with E-state index in [0.717, 1.165) is 19.6 Å². The largest absolute Gasteiger partial charge is 0.905 e. The van der Waals surface area contributed by atoms with Gasteiger partial charge < -0.3 is 26.1 Å². The molecule has 0 fully saturated rings. The molecule has 0 aliphatic heterocycles. The molecule has 0 rings (SSSR count). The summed E-state index contributed by atoms with van der Waals surface area (Å²) >= 11 is -1.99. The lowest BCUT2D eigenvalue weighted by Gasteiger charge is -2.18. The van der Waals surface area contributed by atoms with Crippen molar-refractivity contribution in [2.45, 2.75) is 0 Å². The van der Waals surface area contributed by atoms with Crippen molar-refractivity contribution < 1.29 is 11.4 Å². The van der Waals surface area contributed by atoms with Gasteiger partial charge in [-0.05, 0) is 42.3 Å². The molecule has 0 saturated heterocycles. The van der Waals surface area contributed by atoms with Crippen LogP contribution < -0.4 is 0 Å². The maximum Gasteiger partial charge on any atom is 0.905 e. The van der Waals surface area contributed by atoms with Crippen LogP contribution in [0.3, 0.4) is 0 Å². The van der Waals surface area contributed by atoms with Crippen LogP contribution in [0.25, 0.3) is 0 Å². The van der Waals surface area contributed by atoms with Crippen LogP contribution in [-0.2, 0) is 11.4 Å². The van der Waals surface area contributed by atoms with E-state index in [1.54, 1.807) is 0 Å². The van der Waals surface area contributed by atoms with Crippen molar-refractivity contribution in [2.24, 2.45) is 0 Å². The monoisotopic (exact) mass is 291 g/mol.